The lowest BCUT2D eigenvalue weighted by Crippen LogP contribution is -2.39. The van der Waals surface area contributed by atoms with Crippen LogP contribution in [0.5, 0.6) is 17.2 Å². The number of fused-ring (bicyclic) bond motifs is 6. The Morgan fingerprint density at radius 3 is 2.63 bits per heavy atom. The van der Waals surface area contributed by atoms with E-state index >= 15 is 0 Å². The molecule has 4 aliphatic rings. The molecular formula is C21H14N2O6S. The van der Waals surface area contributed by atoms with Gasteiger partial charge in [-0.1, -0.05) is 30.0 Å². The predicted octanol–water partition coefficient (Wildman–Crippen LogP) is 1.89. The summed E-state index contributed by atoms with van der Waals surface area (Å²) in [7, 11) is 0. The van der Waals surface area contributed by atoms with Gasteiger partial charge >= 0.3 is 5.97 Å². The van der Waals surface area contributed by atoms with Crippen LogP contribution >= 0.6 is 11.8 Å². The minimum atomic E-state index is -0.760. The van der Waals surface area contributed by atoms with Gasteiger partial charge in [-0.2, -0.15) is 0 Å². The average Bonchev–Trinajstić information content (AvgIpc) is 3.30. The maximum Gasteiger partial charge on any atom is 0.342 e. The van der Waals surface area contributed by atoms with E-state index in [4.69, 9.17) is 19.9 Å². The molecule has 1 saturated heterocycles. The van der Waals surface area contributed by atoms with Crippen LogP contribution in [0, 0.1) is 5.92 Å². The van der Waals surface area contributed by atoms with E-state index in [0.29, 0.717) is 28.5 Å². The molecule has 2 aromatic rings. The van der Waals surface area contributed by atoms with Crippen LogP contribution < -0.4 is 24.8 Å². The van der Waals surface area contributed by atoms with E-state index in [9.17, 15) is 14.4 Å². The molecule has 0 radical (unpaired) electrons. The minimum absolute atomic E-state index is 0.0898. The summed E-state index contributed by atoms with van der Waals surface area (Å²) < 4.78 is 16.1. The van der Waals surface area contributed by atoms with Gasteiger partial charge in [0.15, 0.2) is 11.5 Å². The van der Waals surface area contributed by atoms with E-state index in [1.54, 1.807) is 42.5 Å². The lowest BCUT2D eigenvalue weighted by atomic mass is 9.77. The van der Waals surface area contributed by atoms with Crippen molar-refractivity contribution in [3.63, 3.8) is 0 Å². The fourth-order valence-electron chi connectivity index (χ4n) is 4.48. The van der Waals surface area contributed by atoms with Crippen molar-refractivity contribution < 1.29 is 28.6 Å². The molecule has 4 aliphatic heterocycles. The van der Waals surface area contributed by atoms with Gasteiger partial charge in [0.25, 0.3) is 0 Å². The summed E-state index contributed by atoms with van der Waals surface area (Å²) in [5.41, 5.74) is 7.50. The number of imide groups is 1. The van der Waals surface area contributed by atoms with Gasteiger partial charge in [-0.15, -0.1) is 0 Å². The fraction of sp³-hybridized carbons (Fsp3) is 0.190. The maximum absolute atomic E-state index is 13.5. The molecule has 6 rings (SSSR count). The van der Waals surface area contributed by atoms with Crippen molar-refractivity contribution in [2.24, 2.45) is 11.7 Å². The first-order valence-electron chi connectivity index (χ1n) is 9.29. The standard InChI is InChI=1S/C21H14N2O6S/c22-18-16-14(10-3-1-2-4-11(10)29-21(16)26)15-17(30-18)20(25)23(19(15)24)9-5-6-12-13(7-9)28-8-27-12/h1-7,14-15,17H,8,22H2/t14-,15-,17+/m1/s1. The molecule has 30 heavy (non-hydrogen) atoms. The number of amides is 2. The summed E-state index contributed by atoms with van der Waals surface area (Å²) in [5, 5.41) is -0.509. The molecule has 9 heteroatoms. The number of nitrogens with two attached hydrogens (primary N) is 1. The second-order valence-corrected chi connectivity index (χ2v) is 8.48. The summed E-state index contributed by atoms with van der Waals surface area (Å²) in [6.07, 6.45) is 0. The number of anilines is 1. The smallest absolute Gasteiger partial charge is 0.342 e. The Morgan fingerprint density at radius 1 is 0.967 bits per heavy atom. The third-order valence-electron chi connectivity index (χ3n) is 5.78. The van der Waals surface area contributed by atoms with Crippen LogP contribution in [0.2, 0.25) is 0 Å². The molecule has 0 unspecified atom stereocenters. The van der Waals surface area contributed by atoms with Crippen molar-refractivity contribution in [2.75, 3.05) is 11.7 Å². The molecule has 0 aliphatic carbocycles. The number of thioether (sulfide) groups is 1. The number of rotatable bonds is 1. The molecule has 150 valence electrons. The molecule has 0 bridgehead atoms. The average molecular weight is 422 g/mol. The van der Waals surface area contributed by atoms with Gasteiger partial charge in [-0.25, -0.2) is 9.69 Å². The lowest BCUT2D eigenvalue weighted by Gasteiger charge is -2.36. The van der Waals surface area contributed by atoms with Crippen LogP contribution in [0.25, 0.3) is 0 Å². The minimum Gasteiger partial charge on any atom is -0.454 e. The second-order valence-electron chi connectivity index (χ2n) is 7.30. The Labute approximate surface area is 174 Å². The second kappa shape index (κ2) is 6.02. The largest absolute Gasteiger partial charge is 0.454 e. The van der Waals surface area contributed by atoms with Crippen molar-refractivity contribution in [1.29, 1.82) is 0 Å². The Balaban J connectivity index is 1.48. The fourth-order valence-corrected chi connectivity index (χ4v) is 5.72. The van der Waals surface area contributed by atoms with Crippen LogP contribution in [0.1, 0.15) is 11.5 Å². The van der Waals surface area contributed by atoms with Crippen molar-refractivity contribution in [1.82, 2.24) is 0 Å². The molecule has 2 N–H and O–H groups in total. The Bertz CT molecular complexity index is 1190. The van der Waals surface area contributed by atoms with Crippen molar-refractivity contribution in [3.8, 4) is 17.2 Å². The van der Waals surface area contributed by atoms with Gasteiger partial charge in [-0.05, 0) is 18.2 Å². The predicted molar refractivity (Wildman–Crippen MR) is 106 cm³/mol. The van der Waals surface area contributed by atoms with Crippen LogP contribution in [-0.4, -0.2) is 29.8 Å². The topological polar surface area (TPSA) is 108 Å². The third kappa shape index (κ3) is 2.20. The number of benzene rings is 2. The quantitative estimate of drug-likeness (QED) is 0.422. The van der Waals surface area contributed by atoms with Crippen LogP contribution in [0.4, 0.5) is 5.69 Å². The number of ether oxygens (including phenoxy) is 3. The number of hydrogen-bond acceptors (Lipinski definition) is 8. The summed E-state index contributed by atoms with van der Waals surface area (Å²) in [5.74, 6) is -1.31. The van der Waals surface area contributed by atoms with Crippen molar-refractivity contribution in [2.45, 2.75) is 11.2 Å². The highest BCUT2D eigenvalue weighted by molar-refractivity contribution is 8.04. The molecule has 0 aromatic heterocycles. The van der Waals surface area contributed by atoms with Gasteiger partial charge < -0.3 is 19.9 Å². The number of hydrogen-bond donors (Lipinski definition) is 1. The summed E-state index contributed by atoms with van der Waals surface area (Å²) in [6, 6.07) is 12.0. The molecular weight excluding hydrogens is 408 g/mol. The molecule has 8 nitrogen and oxygen atoms in total. The molecule has 0 spiro atoms. The summed E-state index contributed by atoms with van der Waals surface area (Å²) in [6.45, 7) is 0.0898. The van der Waals surface area contributed by atoms with Gasteiger partial charge in [0.05, 0.1) is 22.2 Å². The summed E-state index contributed by atoms with van der Waals surface area (Å²) >= 11 is 1.05. The Hall–Kier alpha value is -3.46. The molecule has 1 fully saturated rings. The van der Waals surface area contributed by atoms with Gasteiger partial charge in [-0.3, -0.25) is 9.59 Å². The zero-order valence-electron chi connectivity index (χ0n) is 15.4. The van der Waals surface area contributed by atoms with Crippen LogP contribution in [-0.2, 0) is 14.4 Å². The van der Waals surface area contributed by atoms with E-state index < -0.39 is 23.1 Å². The number of carbonyl (C=O) groups excluding carboxylic acids is 3. The van der Waals surface area contributed by atoms with Crippen molar-refractivity contribution >= 4 is 35.2 Å². The van der Waals surface area contributed by atoms with E-state index in [0.717, 1.165) is 16.7 Å². The zero-order chi connectivity index (χ0) is 20.6. The van der Waals surface area contributed by atoms with Crippen molar-refractivity contribution in [3.05, 3.63) is 58.6 Å². The highest BCUT2D eigenvalue weighted by Crippen LogP contribution is 2.54. The zero-order valence-corrected chi connectivity index (χ0v) is 16.2. The van der Waals surface area contributed by atoms with E-state index in [1.165, 1.54) is 0 Å². The number of esters is 1. The highest BCUT2D eigenvalue weighted by atomic mass is 32.2. The maximum atomic E-state index is 13.5. The SMILES string of the molecule is NC1=C2C(=O)Oc3ccccc3[C@@H]2[C@H]2C(=O)N(c3ccc4c(c3)OCO4)C(=O)[C@H]2S1. The van der Waals surface area contributed by atoms with Gasteiger partial charge in [0, 0.05) is 17.5 Å². The lowest BCUT2D eigenvalue weighted by molar-refractivity contribution is -0.131. The number of nitrogens with zero attached hydrogens (tertiary/aromatic N) is 1. The van der Waals surface area contributed by atoms with Crippen LogP contribution in [0.3, 0.4) is 0 Å². The van der Waals surface area contributed by atoms with E-state index in [1.807, 2.05) is 0 Å². The highest BCUT2D eigenvalue weighted by Gasteiger charge is 2.58. The molecule has 4 heterocycles. The molecule has 0 saturated carbocycles. The Kier molecular flexibility index (Phi) is 3.49. The van der Waals surface area contributed by atoms with Gasteiger partial charge in [0.2, 0.25) is 18.6 Å². The number of carbonyl (C=O) groups is 3. The first-order chi connectivity index (χ1) is 14.5. The monoisotopic (exact) mass is 422 g/mol. The summed E-state index contributed by atoms with van der Waals surface area (Å²) in [4.78, 5) is 40.6. The first-order valence-corrected chi connectivity index (χ1v) is 10.2. The Morgan fingerprint density at radius 2 is 1.77 bits per heavy atom. The van der Waals surface area contributed by atoms with Crippen LogP contribution in [0.15, 0.2) is 53.1 Å². The van der Waals surface area contributed by atoms with E-state index in [2.05, 4.69) is 0 Å². The molecule has 2 aromatic carbocycles. The number of para-hydroxylation sites is 1. The normalized spacial score (nSPS) is 26.3. The molecule has 3 atom stereocenters. The molecule has 2 amide bonds. The first kappa shape index (κ1) is 17.4. The van der Waals surface area contributed by atoms with Gasteiger partial charge in [0.1, 0.15) is 11.0 Å². The third-order valence-corrected chi connectivity index (χ3v) is 7.00. The van der Waals surface area contributed by atoms with E-state index in [-0.39, 0.29) is 29.2 Å².